The molecule has 0 fully saturated rings. The van der Waals surface area contributed by atoms with E-state index < -0.39 is 5.82 Å². The number of para-hydroxylation sites is 1. The molecule has 2 aromatic rings. The molecule has 0 spiro atoms. The number of hydrogen-bond acceptors (Lipinski definition) is 3. The summed E-state index contributed by atoms with van der Waals surface area (Å²) in [5.41, 5.74) is 7.25. The maximum atomic E-state index is 13.7. The van der Waals surface area contributed by atoms with Crippen LogP contribution in [0, 0.1) is 5.82 Å². The average molecular weight is 264 g/mol. The van der Waals surface area contributed by atoms with E-state index in [-0.39, 0.29) is 11.3 Å². The highest BCUT2D eigenvalue weighted by molar-refractivity contribution is 6.34. The third-order valence-corrected chi connectivity index (χ3v) is 2.90. The van der Waals surface area contributed by atoms with Crippen LogP contribution in [0.15, 0.2) is 47.6 Å². The first-order valence-electron chi connectivity index (χ1n) is 5.22. The number of halogens is 2. The van der Waals surface area contributed by atoms with Gasteiger partial charge < -0.3 is 11.6 Å². The van der Waals surface area contributed by atoms with Crippen molar-refractivity contribution in [2.24, 2.45) is 10.9 Å². The first-order chi connectivity index (χ1) is 8.65. The SMILES string of the molecule is NN=C(c1ccccc1F)c1cccc(Cl)c1N. The molecule has 0 saturated heterocycles. The summed E-state index contributed by atoms with van der Waals surface area (Å²) < 4.78 is 13.7. The van der Waals surface area contributed by atoms with E-state index in [2.05, 4.69) is 5.10 Å². The molecule has 0 aliphatic rings. The third-order valence-electron chi connectivity index (χ3n) is 2.57. The van der Waals surface area contributed by atoms with E-state index >= 15 is 0 Å². The molecule has 0 unspecified atom stereocenters. The minimum Gasteiger partial charge on any atom is -0.397 e. The van der Waals surface area contributed by atoms with E-state index in [1.807, 2.05) is 0 Å². The molecule has 0 bridgehead atoms. The molecule has 0 aliphatic carbocycles. The Bertz CT molecular complexity index is 611. The Morgan fingerprint density at radius 3 is 2.39 bits per heavy atom. The molecule has 5 heteroatoms. The van der Waals surface area contributed by atoms with Gasteiger partial charge in [-0.2, -0.15) is 5.10 Å². The highest BCUT2D eigenvalue weighted by atomic mass is 35.5. The first-order valence-corrected chi connectivity index (χ1v) is 5.60. The number of nitrogen functional groups attached to an aromatic ring is 1. The minimum atomic E-state index is -0.416. The van der Waals surface area contributed by atoms with E-state index in [4.69, 9.17) is 23.2 Å². The summed E-state index contributed by atoms with van der Waals surface area (Å²) in [6.07, 6.45) is 0. The lowest BCUT2D eigenvalue weighted by Gasteiger charge is -2.10. The maximum absolute atomic E-state index is 13.7. The molecular weight excluding hydrogens is 253 g/mol. The highest BCUT2D eigenvalue weighted by Crippen LogP contribution is 2.25. The van der Waals surface area contributed by atoms with Crippen LogP contribution in [0.5, 0.6) is 0 Å². The van der Waals surface area contributed by atoms with Gasteiger partial charge in [0, 0.05) is 11.1 Å². The molecule has 92 valence electrons. The Hall–Kier alpha value is -2.07. The van der Waals surface area contributed by atoms with Crippen LogP contribution in [0.25, 0.3) is 0 Å². The van der Waals surface area contributed by atoms with Gasteiger partial charge in [0.05, 0.1) is 10.7 Å². The number of nitrogens with zero attached hydrogens (tertiary/aromatic N) is 1. The summed E-state index contributed by atoms with van der Waals surface area (Å²) in [5, 5.41) is 4.01. The van der Waals surface area contributed by atoms with Crippen molar-refractivity contribution >= 4 is 23.0 Å². The molecule has 18 heavy (non-hydrogen) atoms. The van der Waals surface area contributed by atoms with Crippen molar-refractivity contribution in [2.45, 2.75) is 0 Å². The number of benzene rings is 2. The zero-order valence-corrected chi connectivity index (χ0v) is 10.2. The van der Waals surface area contributed by atoms with Gasteiger partial charge in [0.2, 0.25) is 0 Å². The van der Waals surface area contributed by atoms with Crippen LogP contribution in [-0.4, -0.2) is 5.71 Å². The maximum Gasteiger partial charge on any atom is 0.132 e. The van der Waals surface area contributed by atoms with Crippen LogP contribution in [0.3, 0.4) is 0 Å². The van der Waals surface area contributed by atoms with Crippen molar-refractivity contribution in [2.75, 3.05) is 5.73 Å². The Kier molecular flexibility index (Phi) is 3.48. The van der Waals surface area contributed by atoms with Crippen molar-refractivity contribution in [3.8, 4) is 0 Å². The lowest BCUT2D eigenvalue weighted by atomic mass is 10.0. The van der Waals surface area contributed by atoms with Gasteiger partial charge in [-0.05, 0) is 18.2 Å². The highest BCUT2D eigenvalue weighted by Gasteiger charge is 2.15. The van der Waals surface area contributed by atoms with Crippen LogP contribution < -0.4 is 11.6 Å². The average Bonchev–Trinajstić information content (AvgIpc) is 2.37. The van der Waals surface area contributed by atoms with Gasteiger partial charge in [0.25, 0.3) is 0 Å². The van der Waals surface area contributed by atoms with Crippen LogP contribution in [0.1, 0.15) is 11.1 Å². The van der Waals surface area contributed by atoms with Crippen molar-refractivity contribution in [1.29, 1.82) is 0 Å². The Morgan fingerprint density at radius 1 is 1.06 bits per heavy atom. The number of hydrogen-bond donors (Lipinski definition) is 2. The molecule has 0 atom stereocenters. The molecule has 0 radical (unpaired) electrons. The Morgan fingerprint density at radius 2 is 1.72 bits per heavy atom. The summed E-state index contributed by atoms with van der Waals surface area (Å²) in [4.78, 5) is 0. The van der Waals surface area contributed by atoms with Gasteiger partial charge >= 0.3 is 0 Å². The second-order valence-electron chi connectivity index (χ2n) is 3.66. The fourth-order valence-electron chi connectivity index (χ4n) is 1.68. The van der Waals surface area contributed by atoms with Gasteiger partial charge in [-0.3, -0.25) is 0 Å². The molecule has 2 aromatic carbocycles. The second kappa shape index (κ2) is 5.06. The van der Waals surface area contributed by atoms with Gasteiger partial charge in [0.1, 0.15) is 11.5 Å². The number of rotatable bonds is 2. The summed E-state index contributed by atoms with van der Waals surface area (Å²) in [7, 11) is 0. The van der Waals surface area contributed by atoms with E-state index in [9.17, 15) is 4.39 Å². The van der Waals surface area contributed by atoms with E-state index in [0.29, 0.717) is 16.3 Å². The van der Waals surface area contributed by atoms with Crippen molar-refractivity contribution in [1.82, 2.24) is 0 Å². The lowest BCUT2D eigenvalue weighted by molar-refractivity contribution is 0.625. The van der Waals surface area contributed by atoms with Crippen LogP contribution in [0.2, 0.25) is 5.02 Å². The predicted octanol–water partition coefficient (Wildman–Crippen LogP) is 2.77. The fourth-order valence-corrected chi connectivity index (χ4v) is 1.86. The molecule has 0 heterocycles. The summed E-state index contributed by atoms with van der Waals surface area (Å²) >= 11 is 5.93. The normalized spacial score (nSPS) is 11.6. The molecule has 3 nitrogen and oxygen atoms in total. The summed E-state index contributed by atoms with van der Waals surface area (Å²) in [6, 6.07) is 11.3. The third kappa shape index (κ3) is 2.15. The lowest BCUT2D eigenvalue weighted by Crippen LogP contribution is -2.11. The van der Waals surface area contributed by atoms with Crippen molar-refractivity contribution in [3.05, 3.63) is 64.4 Å². The van der Waals surface area contributed by atoms with E-state index in [1.165, 1.54) is 6.07 Å². The number of hydrazone groups is 1. The minimum absolute atomic E-state index is 0.271. The molecule has 0 amide bonds. The van der Waals surface area contributed by atoms with Crippen LogP contribution in [0.4, 0.5) is 10.1 Å². The second-order valence-corrected chi connectivity index (χ2v) is 4.07. The van der Waals surface area contributed by atoms with Gasteiger partial charge in [-0.25, -0.2) is 4.39 Å². The van der Waals surface area contributed by atoms with E-state index in [1.54, 1.807) is 36.4 Å². The summed E-state index contributed by atoms with van der Waals surface area (Å²) in [6.45, 7) is 0. The molecule has 0 aliphatic heterocycles. The van der Waals surface area contributed by atoms with Crippen molar-refractivity contribution < 1.29 is 4.39 Å². The quantitative estimate of drug-likeness (QED) is 0.379. The molecule has 0 saturated carbocycles. The molecule has 0 aromatic heterocycles. The zero-order chi connectivity index (χ0) is 13.1. The Balaban J connectivity index is 2.61. The molecular formula is C13H11ClFN3. The monoisotopic (exact) mass is 263 g/mol. The fraction of sp³-hybridized carbons (Fsp3) is 0. The predicted molar refractivity (Wildman–Crippen MR) is 72.1 cm³/mol. The molecule has 2 rings (SSSR count). The van der Waals surface area contributed by atoms with Gasteiger partial charge in [0.15, 0.2) is 0 Å². The number of nitrogens with two attached hydrogens (primary N) is 2. The van der Waals surface area contributed by atoms with Gasteiger partial charge in [-0.15, -0.1) is 0 Å². The smallest absolute Gasteiger partial charge is 0.132 e. The molecule has 4 N–H and O–H groups in total. The zero-order valence-electron chi connectivity index (χ0n) is 9.40. The van der Waals surface area contributed by atoms with Crippen LogP contribution >= 0.6 is 11.6 Å². The summed E-state index contributed by atoms with van der Waals surface area (Å²) in [5.74, 6) is 4.93. The standard InChI is InChI=1S/C13H11ClFN3/c14-10-6-3-5-9(12(10)16)13(18-17)8-4-1-2-7-11(8)15/h1-7H,16-17H2. The van der Waals surface area contributed by atoms with Gasteiger partial charge in [-0.1, -0.05) is 35.9 Å². The van der Waals surface area contributed by atoms with E-state index in [0.717, 1.165) is 0 Å². The first kappa shape index (κ1) is 12.4. The largest absolute Gasteiger partial charge is 0.397 e. The topological polar surface area (TPSA) is 64.4 Å². The van der Waals surface area contributed by atoms with Crippen LogP contribution in [-0.2, 0) is 0 Å². The Labute approximate surface area is 109 Å². The number of anilines is 1. The van der Waals surface area contributed by atoms with Crippen molar-refractivity contribution in [3.63, 3.8) is 0 Å².